The van der Waals surface area contributed by atoms with Gasteiger partial charge in [0.15, 0.2) is 0 Å². The summed E-state index contributed by atoms with van der Waals surface area (Å²) in [5.41, 5.74) is 1.84. The van der Waals surface area contributed by atoms with E-state index in [2.05, 4.69) is 25.0 Å². The third-order valence-corrected chi connectivity index (χ3v) is 4.62. The van der Waals surface area contributed by atoms with Gasteiger partial charge in [0.1, 0.15) is 22.8 Å². The molecule has 25 heavy (non-hydrogen) atoms. The van der Waals surface area contributed by atoms with Crippen LogP contribution in [0, 0.1) is 6.92 Å². The van der Waals surface area contributed by atoms with E-state index in [-0.39, 0.29) is 11.9 Å². The third-order valence-electron chi connectivity index (χ3n) is 4.62. The fourth-order valence-corrected chi connectivity index (χ4v) is 3.35. The Hall–Kier alpha value is -2.96. The number of rotatable bonds is 4. The van der Waals surface area contributed by atoms with Crippen LogP contribution in [0.3, 0.4) is 0 Å². The number of aromatic nitrogens is 4. The number of carbonyl (C=O) groups is 1. The second-order valence-electron chi connectivity index (χ2n) is 6.21. The average Bonchev–Trinajstić information content (AvgIpc) is 3.27. The van der Waals surface area contributed by atoms with Crippen LogP contribution in [-0.4, -0.2) is 32.1 Å². The van der Waals surface area contributed by atoms with Crippen molar-refractivity contribution in [3.8, 4) is 11.3 Å². The second-order valence-corrected chi connectivity index (χ2v) is 6.21. The Morgan fingerprint density at radius 2 is 2.20 bits per heavy atom. The topological polar surface area (TPSA) is 85.8 Å². The molecule has 0 spiro atoms. The summed E-state index contributed by atoms with van der Waals surface area (Å²) < 4.78 is 7.42. The van der Waals surface area contributed by atoms with Crippen molar-refractivity contribution in [3.63, 3.8) is 0 Å². The van der Waals surface area contributed by atoms with Crippen LogP contribution >= 0.6 is 0 Å². The first kappa shape index (κ1) is 15.6. The van der Waals surface area contributed by atoms with Gasteiger partial charge in [-0.1, -0.05) is 5.16 Å². The van der Waals surface area contributed by atoms with Crippen LogP contribution in [0.15, 0.2) is 41.4 Å². The van der Waals surface area contributed by atoms with Gasteiger partial charge in [-0.25, -0.2) is 4.98 Å². The van der Waals surface area contributed by atoms with Crippen LogP contribution in [0.1, 0.15) is 40.8 Å². The number of hydrogen-bond acceptors (Lipinski definition) is 5. The number of fused-ring (bicyclic) bond motifs is 1. The summed E-state index contributed by atoms with van der Waals surface area (Å²) in [6.07, 6.45) is 10.3. The molecule has 128 valence electrons. The van der Waals surface area contributed by atoms with Gasteiger partial charge in [-0.2, -0.15) is 0 Å². The number of nitrogens with zero attached hydrogens (tertiary/aromatic N) is 4. The first-order valence-electron chi connectivity index (χ1n) is 8.40. The smallest absolute Gasteiger partial charge is 0.257 e. The van der Waals surface area contributed by atoms with Crippen LogP contribution in [0.5, 0.6) is 0 Å². The highest BCUT2D eigenvalue weighted by atomic mass is 16.5. The molecule has 0 saturated heterocycles. The maximum absolute atomic E-state index is 12.8. The summed E-state index contributed by atoms with van der Waals surface area (Å²) in [6.45, 7) is 2.31. The Balaban J connectivity index is 1.52. The molecule has 0 aromatic carbocycles. The maximum Gasteiger partial charge on any atom is 0.257 e. The van der Waals surface area contributed by atoms with Gasteiger partial charge < -0.3 is 14.4 Å². The average molecular weight is 337 g/mol. The van der Waals surface area contributed by atoms with Crippen molar-refractivity contribution in [2.75, 3.05) is 6.54 Å². The summed E-state index contributed by atoms with van der Waals surface area (Å²) in [5.74, 6) is 1.43. The van der Waals surface area contributed by atoms with Gasteiger partial charge in [0.25, 0.3) is 5.91 Å². The summed E-state index contributed by atoms with van der Waals surface area (Å²) >= 11 is 0. The van der Waals surface area contributed by atoms with Crippen molar-refractivity contribution in [1.82, 2.24) is 25.0 Å². The highest BCUT2D eigenvalue weighted by molar-refractivity contribution is 6.00. The number of imidazole rings is 1. The lowest BCUT2D eigenvalue weighted by atomic mass is 10.0. The molecule has 1 unspecified atom stereocenters. The molecule has 3 aromatic rings. The minimum atomic E-state index is -0.169. The van der Waals surface area contributed by atoms with Crippen molar-refractivity contribution in [2.24, 2.45) is 0 Å². The van der Waals surface area contributed by atoms with Gasteiger partial charge in [0.2, 0.25) is 0 Å². The molecule has 0 aliphatic carbocycles. The molecule has 0 fully saturated rings. The normalized spacial score (nSPS) is 16.4. The van der Waals surface area contributed by atoms with E-state index >= 15 is 0 Å². The molecule has 7 nitrogen and oxygen atoms in total. The Kier molecular flexibility index (Phi) is 4.05. The minimum Gasteiger partial charge on any atom is -0.360 e. The molecule has 0 saturated carbocycles. The van der Waals surface area contributed by atoms with E-state index < -0.39 is 0 Å². The van der Waals surface area contributed by atoms with Crippen LogP contribution in [0.4, 0.5) is 0 Å². The molecule has 4 heterocycles. The maximum atomic E-state index is 12.8. The number of aryl methyl sites for hydroxylation is 2. The van der Waals surface area contributed by atoms with Crippen molar-refractivity contribution >= 4 is 5.91 Å². The molecule has 0 bridgehead atoms. The molecule has 3 aromatic heterocycles. The van der Waals surface area contributed by atoms with E-state index in [1.54, 1.807) is 19.3 Å². The zero-order chi connectivity index (χ0) is 17.2. The molecule has 7 heteroatoms. The first-order valence-corrected chi connectivity index (χ1v) is 8.40. The molecule has 0 radical (unpaired) electrons. The van der Waals surface area contributed by atoms with E-state index in [1.807, 2.05) is 24.5 Å². The van der Waals surface area contributed by atoms with Gasteiger partial charge in [-0.05, 0) is 31.9 Å². The van der Waals surface area contributed by atoms with E-state index in [0.29, 0.717) is 23.6 Å². The largest absolute Gasteiger partial charge is 0.360 e. The van der Waals surface area contributed by atoms with Crippen molar-refractivity contribution in [3.05, 3.63) is 54.1 Å². The Bertz CT molecular complexity index is 884. The van der Waals surface area contributed by atoms with E-state index in [0.717, 1.165) is 30.7 Å². The highest BCUT2D eigenvalue weighted by Gasteiger charge is 2.24. The monoisotopic (exact) mass is 337 g/mol. The zero-order valence-corrected chi connectivity index (χ0v) is 14.0. The summed E-state index contributed by atoms with van der Waals surface area (Å²) in [6, 6.07) is 3.86. The first-order chi connectivity index (χ1) is 12.2. The third kappa shape index (κ3) is 2.93. The summed E-state index contributed by atoms with van der Waals surface area (Å²) in [7, 11) is 0. The lowest BCUT2D eigenvalue weighted by Gasteiger charge is -2.25. The fraction of sp³-hybridized carbons (Fsp3) is 0.333. The fourth-order valence-electron chi connectivity index (χ4n) is 3.35. The standard InChI is InChI=1S/C18H19N5O2/c1-12-16(17(22-25-12)13-5-7-19-8-6-13)18(24)21-11-14-3-2-4-15-20-9-10-23(14)15/h5-10,14H,2-4,11H2,1H3,(H,21,24). The van der Waals surface area contributed by atoms with E-state index in [1.165, 1.54) is 0 Å². The van der Waals surface area contributed by atoms with Crippen LogP contribution in [-0.2, 0) is 6.42 Å². The van der Waals surface area contributed by atoms with Gasteiger partial charge >= 0.3 is 0 Å². The Labute approximate surface area is 145 Å². The summed E-state index contributed by atoms with van der Waals surface area (Å²) in [4.78, 5) is 21.1. The summed E-state index contributed by atoms with van der Waals surface area (Å²) in [5, 5.41) is 7.08. The highest BCUT2D eigenvalue weighted by Crippen LogP contribution is 2.26. The Morgan fingerprint density at radius 3 is 3.04 bits per heavy atom. The van der Waals surface area contributed by atoms with Crippen molar-refractivity contribution in [1.29, 1.82) is 0 Å². The number of hydrogen-bond donors (Lipinski definition) is 1. The molecular formula is C18H19N5O2. The molecule has 1 N–H and O–H groups in total. The Morgan fingerprint density at radius 1 is 1.36 bits per heavy atom. The van der Waals surface area contributed by atoms with E-state index in [9.17, 15) is 4.79 Å². The number of nitrogens with one attached hydrogen (secondary N) is 1. The van der Waals surface area contributed by atoms with Gasteiger partial charge in [-0.15, -0.1) is 0 Å². The molecule has 1 amide bonds. The predicted octanol–water partition coefficient (Wildman–Crippen LogP) is 2.55. The number of pyridine rings is 1. The molecule has 1 atom stereocenters. The zero-order valence-electron chi connectivity index (χ0n) is 14.0. The van der Waals surface area contributed by atoms with Gasteiger partial charge in [-0.3, -0.25) is 9.78 Å². The lowest BCUT2D eigenvalue weighted by Crippen LogP contribution is -2.33. The predicted molar refractivity (Wildman–Crippen MR) is 91.0 cm³/mol. The molecule has 1 aliphatic rings. The second kappa shape index (κ2) is 6.51. The van der Waals surface area contributed by atoms with E-state index in [4.69, 9.17) is 4.52 Å². The van der Waals surface area contributed by atoms with Crippen LogP contribution in [0.25, 0.3) is 11.3 Å². The molecule has 1 aliphatic heterocycles. The lowest BCUT2D eigenvalue weighted by molar-refractivity contribution is 0.0944. The van der Waals surface area contributed by atoms with Crippen molar-refractivity contribution in [2.45, 2.75) is 32.2 Å². The minimum absolute atomic E-state index is 0.169. The molecule has 4 rings (SSSR count). The van der Waals surface area contributed by atoms with Crippen LogP contribution in [0.2, 0.25) is 0 Å². The van der Waals surface area contributed by atoms with Gasteiger partial charge in [0.05, 0.1) is 6.04 Å². The SMILES string of the molecule is Cc1onc(-c2ccncc2)c1C(=O)NCC1CCCc2nccn21. The van der Waals surface area contributed by atoms with Crippen LogP contribution < -0.4 is 5.32 Å². The van der Waals surface area contributed by atoms with Gasteiger partial charge in [0, 0.05) is 43.3 Å². The number of amides is 1. The molecular weight excluding hydrogens is 318 g/mol. The quantitative estimate of drug-likeness (QED) is 0.791. The number of carbonyl (C=O) groups excluding carboxylic acids is 1. The van der Waals surface area contributed by atoms with Crippen molar-refractivity contribution < 1.29 is 9.32 Å².